The summed E-state index contributed by atoms with van der Waals surface area (Å²) in [6.07, 6.45) is -0.433. The van der Waals surface area contributed by atoms with Crippen LogP contribution in [0.15, 0.2) is 16.6 Å². The van der Waals surface area contributed by atoms with Gasteiger partial charge >= 0.3 is 6.09 Å². The Labute approximate surface area is 116 Å². The van der Waals surface area contributed by atoms with Gasteiger partial charge in [-0.15, -0.1) is 0 Å². The number of halogens is 1. The standard InChI is InChI=1S/C13H19BrN2O2/c1-8-10(14)6-7-11(15-8)9(2)16-12(17)18-13(3,4)5/h6-7,9H,1-5H3,(H,16,17)/t9-/m0/s1. The molecule has 0 bridgehead atoms. The maximum Gasteiger partial charge on any atom is 0.408 e. The second kappa shape index (κ2) is 5.69. The number of aromatic nitrogens is 1. The highest BCUT2D eigenvalue weighted by Crippen LogP contribution is 2.18. The van der Waals surface area contributed by atoms with Crippen LogP contribution in [0.5, 0.6) is 0 Å². The molecule has 0 radical (unpaired) electrons. The molecule has 1 aromatic rings. The summed E-state index contributed by atoms with van der Waals surface area (Å²) in [4.78, 5) is 16.0. The van der Waals surface area contributed by atoms with E-state index in [-0.39, 0.29) is 6.04 Å². The van der Waals surface area contributed by atoms with E-state index >= 15 is 0 Å². The number of aryl methyl sites for hydroxylation is 1. The zero-order chi connectivity index (χ0) is 13.9. The van der Waals surface area contributed by atoms with Gasteiger partial charge in [0.25, 0.3) is 0 Å². The Balaban J connectivity index is 2.68. The summed E-state index contributed by atoms with van der Waals surface area (Å²) in [5.41, 5.74) is 1.21. The highest BCUT2D eigenvalue weighted by Gasteiger charge is 2.18. The number of carbonyl (C=O) groups excluding carboxylic acids is 1. The highest BCUT2D eigenvalue weighted by molar-refractivity contribution is 9.10. The van der Waals surface area contributed by atoms with E-state index in [9.17, 15) is 4.79 Å². The van der Waals surface area contributed by atoms with Crippen LogP contribution in [0.4, 0.5) is 4.79 Å². The third-order valence-corrected chi connectivity index (χ3v) is 3.06. The van der Waals surface area contributed by atoms with Crippen LogP contribution in [0.3, 0.4) is 0 Å². The van der Waals surface area contributed by atoms with Gasteiger partial charge in [-0.2, -0.15) is 0 Å². The van der Waals surface area contributed by atoms with Crippen LogP contribution in [0.2, 0.25) is 0 Å². The summed E-state index contributed by atoms with van der Waals surface area (Å²) in [6.45, 7) is 9.28. The number of hydrogen-bond acceptors (Lipinski definition) is 3. The Bertz CT molecular complexity index is 441. The lowest BCUT2D eigenvalue weighted by molar-refractivity contribution is 0.0507. The third-order valence-electron chi connectivity index (χ3n) is 2.22. The summed E-state index contributed by atoms with van der Waals surface area (Å²) in [7, 11) is 0. The van der Waals surface area contributed by atoms with Crippen molar-refractivity contribution in [1.29, 1.82) is 0 Å². The number of pyridine rings is 1. The minimum atomic E-state index is -0.493. The molecule has 1 rings (SSSR count). The van der Waals surface area contributed by atoms with E-state index in [0.717, 1.165) is 15.9 Å². The molecule has 0 aliphatic rings. The van der Waals surface area contributed by atoms with Crippen molar-refractivity contribution in [2.75, 3.05) is 0 Å². The van der Waals surface area contributed by atoms with Crippen molar-refractivity contribution in [3.05, 3.63) is 28.0 Å². The van der Waals surface area contributed by atoms with Crippen LogP contribution in [0, 0.1) is 6.92 Å². The molecule has 0 aliphatic carbocycles. The van der Waals surface area contributed by atoms with E-state index in [0.29, 0.717) is 0 Å². The van der Waals surface area contributed by atoms with Crippen molar-refractivity contribution in [2.24, 2.45) is 0 Å². The minimum absolute atomic E-state index is 0.188. The number of ether oxygens (including phenoxy) is 1. The van der Waals surface area contributed by atoms with E-state index in [1.807, 2.05) is 46.8 Å². The van der Waals surface area contributed by atoms with Crippen LogP contribution in [0.25, 0.3) is 0 Å². The van der Waals surface area contributed by atoms with Gasteiger partial charge in [0.15, 0.2) is 0 Å². The second-order valence-corrected chi connectivity index (χ2v) is 6.03. The molecule has 4 nitrogen and oxygen atoms in total. The van der Waals surface area contributed by atoms with Crippen molar-refractivity contribution < 1.29 is 9.53 Å². The molecule has 0 fully saturated rings. The number of alkyl carbamates (subject to hydrolysis) is 1. The van der Waals surface area contributed by atoms with Gasteiger partial charge in [-0.25, -0.2) is 4.79 Å². The molecule has 0 saturated carbocycles. The molecule has 0 aliphatic heterocycles. The lowest BCUT2D eigenvalue weighted by Gasteiger charge is -2.22. The normalized spacial score (nSPS) is 13.0. The Morgan fingerprint density at radius 1 is 1.44 bits per heavy atom. The molecule has 1 atom stereocenters. The van der Waals surface area contributed by atoms with E-state index in [2.05, 4.69) is 26.2 Å². The van der Waals surface area contributed by atoms with Crippen molar-refractivity contribution in [2.45, 2.75) is 46.3 Å². The summed E-state index contributed by atoms with van der Waals surface area (Å²) in [5, 5.41) is 2.76. The SMILES string of the molecule is Cc1nc([C@H](C)NC(=O)OC(C)(C)C)ccc1Br. The van der Waals surface area contributed by atoms with Gasteiger partial charge in [-0.3, -0.25) is 4.98 Å². The average Bonchev–Trinajstić information content (AvgIpc) is 2.18. The van der Waals surface area contributed by atoms with Crippen molar-refractivity contribution >= 4 is 22.0 Å². The minimum Gasteiger partial charge on any atom is -0.444 e. The predicted molar refractivity (Wildman–Crippen MR) is 74.5 cm³/mol. The lowest BCUT2D eigenvalue weighted by atomic mass is 10.2. The third kappa shape index (κ3) is 4.64. The summed E-state index contributed by atoms with van der Waals surface area (Å²) in [6, 6.07) is 3.61. The number of hydrogen-bond donors (Lipinski definition) is 1. The lowest BCUT2D eigenvalue weighted by Crippen LogP contribution is -2.34. The largest absolute Gasteiger partial charge is 0.444 e. The zero-order valence-corrected chi connectivity index (χ0v) is 13.0. The number of nitrogens with zero attached hydrogens (tertiary/aromatic N) is 1. The highest BCUT2D eigenvalue weighted by atomic mass is 79.9. The van der Waals surface area contributed by atoms with Crippen molar-refractivity contribution in [3.63, 3.8) is 0 Å². The molecule has 1 aromatic heterocycles. The van der Waals surface area contributed by atoms with Gasteiger partial charge in [-0.1, -0.05) is 0 Å². The van der Waals surface area contributed by atoms with Gasteiger partial charge in [0.05, 0.1) is 17.4 Å². The second-order valence-electron chi connectivity index (χ2n) is 5.17. The monoisotopic (exact) mass is 314 g/mol. The Kier molecular flexibility index (Phi) is 4.73. The van der Waals surface area contributed by atoms with E-state index in [1.165, 1.54) is 0 Å². The van der Waals surface area contributed by atoms with Gasteiger partial charge in [-0.05, 0) is 62.7 Å². The molecule has 18 heavy (non-hydrogen) atoms. The smallest absolute Gasteiger partial charge is 0.408 e. The first-order chi connectivity index (χ1) is 8.19. The van der Waals surface area contributed by atoms with Crippen LogP contribution in [-0.4, -0.2) is 16.7 Å². The molecular formula is C13H19BrN2O2. The van der Waals surface area contributed by atoms with Crippen LogP contribution >= 0.6 is 15.9 Å². The predicted octanol–water partition coefficient (Wildman–Crippen LogP) is 3.74. The maximum atomic E-state index is 11.6. The Morgan fingerprint density at radius 3 is 2.56 bits per heavy atom. The zero-order valence-electron chi connectivity index (χ0n) is 11.4. The molecular weight excluding hydrogens is 296 g/mol. The van der Waals surface area contributed by atoms with Crippen molar-refractivity contribution in [3.8, 4) is 0 Å². The Morgan fingerprint density at radius 2 is 2.06 bits per heavy atom. The van der Waals surface area contributed by atoms with E-state index in [1.54, 1.807) is 0 Å². The average molecular weight is 315 g/mol. The first-order valence-corrected chi connectivity index (χ1v) is 6.61. The maximum absolute atomic E-state index is 11.6. The van der Waals surface area contributed by atoms with Gasteiger partial charge < -0.3 is 10.1 Å². The quantitative estimate of drug-likeness (QED) is 0.904. The first kappa shape index (κ1) is 15.0. The van der Waals surface area contributed by atoms with E-state index in [4.69, 9.17) is 4.74 Å². The fourth-order valence-corrected chi connectivity index (χ4v) is 1.58. The number of rotatable bonds is 2. The summed E-state index contributed by atoms with van der Waals surface area (Å²) < 4.78 is 6.15. The first-order valence-electron chi connectivity index (χ1n) is 5.81. The van der Waals surface area contributed by atoms with Gasteiger partial charge in [0.2, 0.25) is 0 Å². The van der Waals surface area contributed by atoms with Crippen LogP contribution in [0.1, 0.15) is 45.1 Å². The number of carbonyl (C=O) groups is 1. The van der Waals surface area contributed by atoms with Crippen LogP contribution < -0.4 is 5.32 Å². The molecule has 0 saturated heterocycles. The van der Waals surface area contributed by atoms with Gasteiger partial charge in [0.1, 0.15) is 5.60 Å². The fourth-order valence-electron chi connectivity index (χ4n) is 1.36. The van der Waals surface area contributed by atoms with Gasteiger partial charge in [0, 0.05) is 4.47 Å². The fraction of sp³-hybridized carbons (Fsp3) is 0.538. The van der Waals surface area contributed by atoms with E-state index < -0.39 is 11.7 Å². The molecule has 0 aromatic carbocycles. The molecule has 1 N–H and O–H groups in total. The Hall–Kier alpha value is -1.10. The molecule has 0 unspecified atom stereocenters. The number of amides is 1. The van der Waals surface area contributed by atoms with Crippen molar-refractivity contribution in [1.82, 2.24) is 10.3 Å². The number of nitrogens with one attached hydrogen (secondary N) is 1. The molecule has 5 heteroatoms. The van der Waals surface area contributed by atoms with Crippen LogP contribution in [-0.2, 0) is 4.74 Å². The molecule has 1 heterocycles. The molecule has 100 valence electrons. The summed E-state index contributed by atoms with van der Waals surface area (Å²) >= 11 is 3.39. The molecule has 0 spiro atoms. The summed E-state index contributed by atoms with van der Waals surface area (Å²) in [5.74, 6) is 0. The topological polar surface area (TPSA) is 51.2 Å². The molecule has 1 amide bonds.